The standard InChI is InChI=1S/C22H19N3O3S/c1-16-9-11-21(12-10-16)29(26,27)25-24-22(18-6-3-5-17(13-18)15-23)19-7-4-8-20(14-19)28-2/h3-14,25H,1-2H3/b24-22+. The number of benzene rings is 3. The second-order valence-corrected chi connectivity index (χ2v) is 7.95. The van der Waals surface area contributed by atoms with Crippen molar-refractivity contribution in [3.63, 3.8) is 0 Å². The van der Waals surface area contributed by atoms with Crippen LogP contribution in [0.3, 0.4) is 0 Å². The number of hydrogen-bond acceptors (Lipinski definition) is 5. The van der Waals surface area contributed by atoms with E-state index in [1.807, 2.05) is 6.92 Å². The molecule has 146 valence electrons. The van der Waals surface area contributed by atoms with Crippen molar-refractivity contribution in [1.29, 1.82) is 5.26 Å². The molecular weight excluding hydrogens is 386 g/mol. The second kappa shape index (κ2) is 8.59. The molecule has 0 heterocycles. The van der Waals surface area contributed by atoms with Crippen molar-refractivity contribution in [3.8, 4) is 11.8 Å². The van der Waals surface area contributed by atoms with Crippen LogP contribution in [-0.2, 0) is 10.0 Å². The molecule has 0 amide bonds. The first-order valence-corrected chi connectivity index (χ1v) is 10.2. The third-order valence-electron chi connectivity index (χ3n) is 4.22. The lowest BCUT2D eigenvalue weighted by atomic mass is 10.0. The van der Waals surface area contributed by atoms with Crippen LogP contribution in [0.2, 0.25) is 0 Å². The van der Waals surface area contributed by atoms with Gasteiger partial charge in [0.25, 0.3) is 10.0 Å². The summed E-state index contributed by atoms with van der Waals surface area (Å²) >= 11 is 0. The predicted molar refractivity (Wildman–Crippen MR) is 111 cm³/mol. The molecule has 7 heteroatoms. The van der Waals surface area contributed by atoms with Crippen LogP contribution in [0.5, 0.6) is 5.75 Å². The Hall–Kier alpha value is -3.63. The Balaban J connectivity index is 2.06. The Morgan fingerprint density at radius 3 is 2.31 bits per heavy atom. The van der Waals surface area contributed by atoms with Crippen LogP contribution < -0.4 is 9.57 Å². The maximum Gasteiger partial charge on any atom is 0.276 e. The summed E-state index contributed by atoms with van der Waals surface area (Å²) in [4.78, 5) is 2.42. The molecule has 1 N–H and O–H groups in total. The Bertz CT molecular complexity index is 1190. The molecular formula is C22H19N3O3S. The summed E-state index contributed by atoms with van der Waals surface area (Å²) in [7, 11) is -2.31. The van der Waals surface area contributed by atoms with Crippen molar-refractivity contribution in [1.82, 2.24) is 4.83 Å². The lowest BCUT2D eigenvalue weighted by Gasteiger charge is -2.11. The van der Waals surface area contributed by atoms with Gasteiger partial charge in [0, 0.05) is 11.1 Å². The molecule has 3 aromatic carbocycles. The number of methoxy groups -OCH3 is 1. The number of hydrogen-bond donors (Lipinski definition) is 1. The molecule has 0 radical (unpaired) electrons. The molecule has 0 saturated carbocycles. The highest BCUT2D eigenvalue weighted by Gasteiger charge is 2.15. The highest BCUT2D eigenvalue weighted by atomic mass is 32.2. The van der Waals surface area contributed by atoms with E-state index in [1.165, 1.54) is 12.1 Å². The molecule has 0 fully saturated rings. The van der Waals surface area contributed by atoms with E-state index in [2.05, 4.69) is 16.0 Å². The van der Waals surface area contributed by atoms with Crippen LogP contribution in [0.25, 0.3) is 0 Å². The van der Waals surface area contributed by atoms with E-state index in [0.29, 0.717) is 28.2 Å². The first-order valence-electron chi connectivity index (χ1n) is 8.74. The normalized spacial score (nSPS) is 11.6. The van der Waals surface area contributed by atoms with Gasteiger partial charge in [-0.05, 0) is 43.3 Å². The summed E-state index contributed by atoms with van der Waals surface area (Å²) in [5, 5.41) is 13.4. The molecule has 0 spiro atoms. The average molecular weight is 405 g/mol. The third kappa shape index (κ3) is 4.81. The first kappa shape index (κ1) is 20.1. The van der Waals surface area contributed by atoms with Gasteiger partial charge >= 0.3 is 0 Å². The minimum absolute atomic E-state index is 0.114. The molecule has 0 saturated heterocycles. The molecule has 29 heavy (non-hydrogen) atoms. The lowest BCUT2D eigenvalue weighted by molar-refractivity contribution is 0.414. The largest absolute Gasteiger partial charge is 0.497 e. The van der Waals surface area contributed by atoms with Gasteiger partial charge in [0.1, 0.15) is 5.75 Å². The second-order valence-electron chi connectivity index (χ2n) is 6.29. The third-order valence-corrected chi connectivity index (χ3v) is 5.44. The zero-order valence-electron chi connectivity index (χ0n) is 16.0. The molecule has 0 aliphatic rings. The Kier molecular flexibility index (Phi) is 5.96. The maximum absolute atomic E-state index is 12.7. The number of nitrogens with zero attached hydrogens (tertiary/aromatic N) is 2. The van der Waals surface area contributed by atoms with Gasteiger partial charge in [-0.15, -0.1) is 0 Å². The van der Waals surface area contributed by atoms with Gasteiger partial charge in [0.05, 0.1) is 29.3 Å². The molecule has 0 bridgehead atoms. The number of hydrazone groups is 1. The smallest absolute Gasteiger partial charge is 0.276 e. The van der Waals surface area contributed by atoms with E-state index in [1.54, 1.807) is 67.8 Å². The molecule has 0 aromatic heterocycles. The van der Waals surface area contributed by atoms with Gasteiger partial charge in [0.15, 0.2) is 0 Å². The van der Waals surface area contributed by atoms with Crippen molar-refractivity contribution in [2.45, 2.75) is 11.8 Å². The Labute approximate surface area is 170 Å². The SMILES string of the molecule is COc1cccc(/C(=N/NS(=O)(=O)c2ccc(C)cc2)c2cccc(C#N)c2)c1. The molecule has 3 rings (SSSR count). The zero-order valence-corrected chi connectivity index (χ0v) is 16.8. The van der Waals surface area contributed by atoms with Crippen LogP contribution >= 0.6 is 0 Å². The van der Waals surface area contributed by atoms with Gasteiger partial charge in [-0.2, -0.15) is 23.6 Å². The summed E-state index contributed by atoms with van der Waals surface area (Å²) in [6.45, 7) is 1.88. The van der Waals surface area contributed by atoms with E-state index in [4.69, 9.17) is 4.74 Å². The van der Waals surface area contributed by atoms with Crippen LogP contribution in [0.4, 0.5) is 0 Å². The summed E-state index contributed by atoms with van der Waals surface area (Å²) in [5.74, 6) is 0.605. The highest BCUT2D eigenvalue weighted by Crippen LogP contribution is 2.18. The quantitative estimate of drug-likeness (QED) is 0.501. The summed E-state index contributed by atoms with van der Waals surface area (Å²) in [6, 6.07) is 22.5. The molecule has 0 aliphatic carbocycles. The van der Waals surface area contributed by atoms with Crippen molar-refractivity contribution in [3.05, 3.63) is 95.1 Å². The summed E-state index contributed by atoms with van der Waals surface area (Å²) in [5.41, 5.74) is 3.02. The maximum atomic E-state index is 12.7. The molecule has 0 atom stereocenters. The fraction of sp³-hybridized carbons (Fsp3) is 0.0909. The number of ether oxygens (including phenoxy) is 1. The van der Waals surface area contributed by atoms with Crippen LogP contribution in [0, 0.1) is 18.3 Å². The topological polar surface area (TPSA) is 91.5 Å². The molecule has 3 aromatic rings. The summed E-state index contributed by atoms with van der Waals surface area (Å²) < 4.78 is 30.6. The monoisotopic (exact) mass is 405 g/mol. The average Bonchev–Trinajstić information content (AvgIpc) is 2.74. The molecule has 0 unspecified atom stereocenters. The number of rotatable bonds is 6. The molecule has 6 nitrogen and oxygen atoms in total. The van der Waals surface area contributed by atoms with Gasteiger partial charge in [0.2, 0.25) is 0 Å². The zero-order chi connectivity index (χ0) is 20.9. The number of nitrogens with one attached hydrogen (secondary N) is 1. The number of nitriles is 1. The molecule has 0 aliphatic heterocycles. The van der Waals surface area contributed by atoms with Crippen molar-refractivity contribution in [2.24, 2.45) is 5.10 Å². The van der Waals surface area contributed by atoms with E-state index >= 15 is 0 Å². The Morgan fingerprint density at radius 2 is 1.66 bits per heavy atom. The Morgan fingerprint density at radius 1 is 1.00 bits per heavy atom. The van der Waals surface area contributed by atoms with Crippen LogP contribution in [0.1, 0.15) is 22.3 Å². The lowest BCUT2D eigenvalue weighted by Crippen LogP contribution is -2.21. The van der Waals surface area contributed by atoms with Gasteiger partial charge in [-0.25, -0.2) is 0 Å². The van der Waals surface area contributed by atoms with Gasteiger partial charge < -0.3 is 4.74 Å². The van der Waals surface area contributed by atoms with E-state index in [0.717, 1.165) is 5.56 Å². The fourth-order valence-electron chi connectivity index (χ4n) is 2.68. The van der Waals surface area contributed by atoms with Crippen LogP contribution in [-0.4, -0.2) is 21.2 Å². The van der Waals surface area contributed by atoms with E-state index in [9.17, 15) is 13.7 Å². The fourth-order valence-corrected chi connectivity index (χ4v) is 3.49. The van der Waals surface area contributed by atoms with Gasteiger partial charge in [-0.1, -0.05) is 42.0 Å². The highest BCUT2D eigenvalue weighted by molar-refractivity contribution is 7.89. The van der Waals surface area contributed by atoms with Gasteiger partial charge in [-0.3, -0.25) is 0 Å². The van der Waals surface area contributed by atoms with Crippen molar-refractivity contribution in [2.75, 3.05) is 7.11 Å². The minimum atomic E-state index is -3.85. The predicted octanol–water partition coefficient (Wildman–Crippen LogP) is 3.61. The number of aryl methyl sites for hydroxylation is 1. The van der Waals surface area contributed by atoms with E-state index in [-0.39, 0.29) is 4.90 Å². The number of sulfonamides is 1. The summed E-state index contributed by atoms with van der Waals surface area (Å²) in [6.07, 6.45) is 0. The van der Waals surface area contributed by atoms with Crippen LogP contribution in [0.15, 0.2) is 82.8 Å². The van der Waals surface area contributed by atoms with Crippen molar-refractivity contribution < 1.29 is 13.2 Å². The van der Waals surface area contributed by atoms with Crippen molar-refractivity contribution >= 4 is 15.7 Å². The minimum Gasteiger partial charge on any atom is -0.497 e. The van der Waals surface area contributed by atoms with E-state index < -0.39 is 10.0 Å². The first-order chi connectivity index (χ1) is 13.9.